The second-order valence-corrected chi connectivity index (χ2v) is 4.17. The molecule has 1 aliphatic heterocycles. The second-order valence-electron chi connectivity index (χ2n) is 4.17. The van der Waals surface area contributed by atoms with E-state index in [1.807, 2.05) is 12.1 Å². The van der Waals surface area contributed by atoms with Crippen LogP contribution in [-0.4, -0.2) is 26.2 Å². The van der Waals surface area contributed by atoms with Crippen molar-refractivity contribution in [2.75, 3.05) is 25.5 Å². The lowest BCUT2D eigenvalue weighted by molar-refractivity contribution is 0.416. The van der Waals surface area contributed by atoms with Crippen LogP contribution in [0.15, 0.2) is 18.2 Å². The monoisotopic (exact) mass is 231 g/mol. The number of nitriles is 1. The van der Waals surface area contributed by atoms with E-state index in [1.165, 1.54) is 12.8 Å². The predicted octanol–water partition coefficient (Wildman–Crippen LogP) is 1.73. The van der Waals surface area contributed by atoms with Gasteiger partial charge >= 0.3 is 0 Å². The topological polar surface area (TPSA) is 57.1 Å². The molecular weight excluding hydrogens is 214 g/mol. The molecule has 90 valence electrons. The van der Waals surface area contributed by atoms with Crippen LogP contribution in [0.2, 0.25) is 0 Å². The molecule has 2 N–H and O–H groups in total. The highest BCUT2D eigenvalue weighted by atomic mass is 16.5. The zero-order chi connectivity index (χ0) is 12.1. The van der Waals surface area contributed by atoms with Crippen LogP contribution in [-0.2, 0) is 0 Å². The third-order valence-corrected chi connectivity index (χ3v) is 3.05. The molecule has 0 saturated carbocycles. The largest absolute Gasteiger partial charge is 0.495 e. The van der Waals surface area contributed by atoms with E-state index in [1.54, 1.807) is 13.2 Å². The van der Waals surface area contributed by atoms with Crippen molar-refractivity contribution < 1.29 is 4.74 Å². The van der Waals surface area contributed by atoms with Gasteiger partial charge in [0.15, 0.2) is 0 Å². The highest BCUT2D eigenvalue weighted by Gasteiger charge is 2.15. The molecule has 0 radical (unpaired) electrons. The zero-order valence-corrected chi connectivity index (χ0v) is 9.99. The van der Waals surface area contributed by atoms with Gasteiger partial charge in [-0.2, -0.15) is 5.26 Å². The van der Waals surface area contributed by atoms with Crippen molar-refractivity contribution in [3.8, 4) is 11.8 Å². The van der Waals surface area contributed by atoms with E-state index in [2.05, 4.69) is 16.7 Å². The Balaban J connectivity index is 2.10. The maximum absolute atomic E-state index is 9.07. The lowest BCUT2D eigenvalue weighted by Gasteiger charge is -2.16. The number of ether oxygens (including phenoxy) is 1. The fraction of sp³-hybridized carbons (Fsp3) is 0.462. The Kier molecular flexibility index (Phi) is 3.84. The molecule has 1 saturated heterocycles. The summed E-state index contributed by atoms with van der Waals surface area (Å²) >= 11 is 0. The smallest absolute Gasteiger partial charge is 0.143 e. The summed E-state index contributed by atoms with van der Waals surface area (Å²) in [6, 6.07) is 8.17. The van der Waals surface area contributed by atoms with E-state index in [9.17, 15) is 0 Å². The van der Waals surface area contributed by atoms with Gasteiger partial charge in [0.1, 0.15) is 11.8 Å². The Morgan fingerprint density at radius 2 is 2.47 bits per heavy atom. The first-order chi connectivity index (χ1) is 8.35. The lowest BCUT2D eigenvalue weighted by Crippen LogP contribution is -2.29. The minimum Gasteiger partial charge on any atom is -0.495 e. The van der Waals surface area contributed by atoms with E-state index in [0.717, 1.165) is 24.5 Å². The summed E-state index contributed by atoms with van der Waals surface area (Å²) < 4.78 is 5.27. The van der Waals surface area contributed by atoms with Gasteiger partial charge in [0.2, 0.25) is 0 Å². The fourth-order valence-electron chi connectivity index (χ4n) is 2.13. The van der Waals surface area contributed by atoms with Gasteiger partial charge in [-0.1, -0.05) is 6.07 Å². The van der Waals surface area contributed by atoms with E-state index < -0.39 is 0 Å². The number of nitrogens with one attached hydrogen (secondary N) is 2. The average molecular weight is 231 g/mol. The van der Waals surface area contributed by atoms with E-state index in [-0.39, 0.29) is 0 Å². The summed E-state index contributed by atoms with van der Waals surface area (Å²) in [7, 11) is 1.62. The third-order valence-electron chi connectivity index (χ3n) is 3.05. The van der Waals surface area contributed by atoms with E-state index in [0.29, 0.717) is 11.6 Å². The molecular formula is C13H17N3O. The molecule has 17 heavy (non-hydrogen) atoms. The van der Waals surface area contributed by atoms with Crippen LogP contribution in [0.5, 0.6) is 5.75 Å². The average Bonchev–Trinajstić information content (AvgIpc) is 2.88. The second kappa shape index (κ2) is 5.55. The summed E-state index contributed by atoms with van der Waals surface area (Å²) in [6.45, 7) is 1.92. The van der Waals surface area contributed by atoms with Crippen LogP contribution < -0.4 is 15.4 Å². The Bertz CT molecular complexity index is 419. The highest BCUT2D eigenvalue weighted by Crippen LogP contribution is 2.27. The molecule has 1 unspecified atom stereocenters. The molecule has 0 aromatic heterocycles. The molecule has 1 aliphatic rings. The van der Waals surface area contributed by atoms with Crippen molar-refractivity contribution in [2.45, 2.75) is 18.9 Å². The lowest BCUT2D eigenvalue weighted by atomic mass is 10.1. The molecule has 2 rings (SSSR count). The summed E-state index contributed by atoms with van der Waals surface area (Å²) in [5.41, 5.74) is 1.42. The molecule has 4 heteroatoms. The van der Waals surface area contributed by atoms with Gasteiger partial charge in [0.05, 0.1) is 18.4 Å². The van der Waals surface area contributed by atoms with Crippen molar-refractivity contribution in [3.63, 3.8) is 0 Å². The van der Waals surface area contributed by atoms with E-state index in [4.69, 9.17) is 10.00 Å². The molecule has 1 aromatic rings. The maximum Gasteiger partial charge on any atom is 0.143 e. The van der Waals surface area contributed by atoms with Crippen molar-refractivity contribution in [2.24, 2.45) is 0 Å². The van der Waals surface area contributed by atoms with E-state index >= 15 is 0 Å². The van der Waals surface area contributed by atoms with Crippen molar-refractivity contribution in [1.82, 2.24) is 5.32 Å². The van der Waals surface area contributed by atoms with Crippen LogP contribution in [0.1, 0.15) is 18.4 Å². The third kappa shape index (κ3) is 2.69. The van der Waals surface area contributed by atoms with Gasteiger partial charge in [0, 0.05) is 12.6 Å². The number of benzene rings is 1. The Morgan fingerprint density at radius 3 is 3.12 bits per heavy atom. The molecule has 1 atom stereocenters. The number of rotatable bonds is 4. The molecule has 1 aromatic carbocycles. The molecule has 0 amide bonds. The van der Waals surface area contributed by atoms with Gasteiger partial charge in [-0.05, 0) is 31.5 Å². The summed E-state index contributed by atoms with van der Waals surface area (Å²) in [4.78, 5) is 0. The standard InChI is InChI=1S/C13H17N3O/c1-17-12-6-2-4-10(8-14)13(12)16-9-11-5-3-7-15-11/h2,4,6,11,15-16H,3,5,7,9H2,1H3. The van der Waals surface area contributed by atoms with Crippen LogP contribution in [0.4, 0.5) is 5.69 Å². The van der Waals surface area contributed by atoms with Gasteiger partial charge < -0.3 is 15.4 Å². The first-order valence-electron chi connectivity index (χ1n) is 5.89. The fourth-order valence-corrected chi connectivity index (χ4v) is 2.13. The quantitative estimate of drug-likeness (QED) is 0.828. The van der Waals surface area contributed by atoms with Crippen LogP contribution in [0.3, 0.4) is 0 Å². The number of anilines is 1. The number of para-hydroxylation sites is 1. The van der Waals surface area contributed by atoms with Crippen molar-refractivity contribution in [3.05, 3.63) is 23.8 Å². The molecule has 1 fully saturated rings. The molecule has 1 heterocycles. The minimum absolute atomic E-state index is 0.492. The molecule has 0 bridgehead atoms. The van der Waals surface area contributed by atoms with Crippen LogP contribution in [0.25, 0.3) is 0 Å². The first-order valence-corrected chi connectivity index (χ1v) is 5.89. The molecule has 0 spiro atoms. The Labute approximate surface area is 102 Å². The molecule has 0 aliphatic carbocycles. The predicted molar refractivity (Wildman–Crippen MR) is 67.2 cm³/mol. The van der Waals surface area contributed by atoms with Crippen LogP contribution in [0, 0.1) is 11.3 Å². The Morgan fingerprint density at radius 1 is 1.59 bits per heavy atom. The Hall–Kier alpha value is -1.73. The number of hydrogen-bond acceptors (Lipinski definition) is 4. The summed E-state index contributed by atoms with van der Waals surface area (Å²) in [5, 5.41) is 15.8. The first kappa shape index (κ1) is 11.7. The van der Waals surface area contributed by atoms with Gasteiger partial charge in [0.25, 0.3) is 0 Å². The minimum atomic E-state index is 0.492. The summed E-state index contributed by atoms with van der Waals surface area (Å²) in [6.07, 6.45) is 2.41. The van der Waals surface area contributed by atoms with Gasteiger partial charge in [-0.3, -0.25) is 0 Å². The number of methoxy groups -OCH3 is 1. The van der Waals surface area contributed by atoms with Crippen molar-refractivity contribution in [1.29, 1.82) is 5.26 Å². The number of hydrogen-bond donors (Lipinski definition) is 2. The SMILES string of the molecule is COc1cccc(C#N)c1NCC1CCCN1. The summed E-state index contributed by atoms with van der Waals surface area (Å²) in [5.74, 6) is 0.724. The van der Waals surface area contributed by atoms with Crippen LogP contribution >= 0.6 is 0 Å². The zero-order valence-electron chi connectivity index (χ0n) is 9.99. The number of nitrogens with zero attached hydrogens (tertiary/aromatic N) is 1. The van der Waals surface area contributed by atoms with Gasteiger partial charge in [-0.25, -0.2) is 0 Å². The molecule has 4 nitrogen and oxygen atoms in total. The van der Waals surface area contributed by atoms with Crippen molar-refractivity contribution >= 4 is 5.69 Å². The van der Waals surface area contributed by atoms with Gasteiger partial charge in [-0.15, -0.1) is 0 Å². The highest BCUT2D eigenvalue weighted by molar-refractivity contribution is 5.66. The maximum atomic E-state index is 9.07. The normalized spacial score (nSPS) is 18.7.